The molecule has 2 saturated carbocycles. The maximum absolute atomic E-state index is 14.9. The van der Waals surface area contributed by atoms with Crippen molar-refractivity contribution in [1.29, 1.82) is 0 Å². The second-order valence-corrected chi connectivity index (χ2v) is 13.6. The summed E-state index contributed by atoms with van der Waals surface area (Å²) in [6.07, 6.45) is 11.2. The number of rotatable bonds is 9. The van der Waals surface area contributed by atoms with E-state index in [1.807, 2.05) is 4.90 Å². The lowest BCUT2D eigenvalue weighted by Gasteiger charge is -2.32. The summed E-state index contributed by atoms with van der Waals surface area (Å²) in [6.45, 7) is 3.79. The number of aromatic nitrogens is 3. The van der Waals surface area contributed by atoms with E-state index in [1.165, 1.54) is 35.2 Å². The molecule has 41 heavy (non-hydrogen) atoms. The van der Waals surface area contributed by atoms with Crippen LogP contribution < -0.4 is 9.64 Å². The number of amides is 1. The van der Waals surface area contributed by atoms with E-state index in [9.17, 15) is 9.18 Å². The number of hydrogen-bond acceptors (Lipinski definition) is 7. The zero-order valence-electron chi connectivity index (χ0n) is 23.1. The molecule has 1 unspecified atom stereocenters. The SMILES string of the molecule is O=C(Cc1ccc(OCC[C@@H]2CC2C2CCN(c3ncc(Cl)cn3)CC2)cc1F)N1CCc2nc(C3CC3)sc2C1. The number of nitrogens with zero attached hydrogens (tertiary/aromatic N) is 5. The van der Waals surface area contributed by atoms with Gasteiger partial charge < -0.3 is 14.5 Å². The Morgan fingerprint density at radius 2 is 1.93 bits per heavy atom. The van der Waals surface area contributed by atoms with Gasteiger partial charge in [-0.15, -0.1) is 11.3 Å². The Morgan fingerprint density at radius 1 is 1.12 bits per heavy atom. The normalized spacial score (nSPS) is 22.5. The largest absolute Gasteiger partial charge is 0.493 e. The summed E-state index contributed by atoms with van der Waals surface area (Å²) in [4.78, 5) is 31.8. The third-order valence-electron chi connectivity index (χ3n) is 9.16. The van der Waals surface area contributed by atoms with Crippen LogP contribution in [0.4, 0.5) is 10.3 Å². The predicted octanol–water partition coefficient (Wildman–Crippen LogP) is 6.05. The van der Waals surface area contributed by atoms with E-state index in [-0.39, 0.29) is 18.1 Å². The first kappa shape index (κ1) is 27.1. The minimum atomic E-state index is -0.372. The Bertz CT molecular complexity index is 1410. The number of thiazole rings is 1. The minimum Gasteiger partial charge on any atom is -0.493 e. The number of piperidine rings is 1. The second-order valence-electron chi connectivity index (χ2n) is 12.0. The van der Waals surface area contributed by atoms with Crippen molar-refractivity contribution in [2.75, 3.05) is 31.1 Å². The highest BCUT2D eigenvalue weighted by molar-refractivity contribution is 7.11. The van der Waals surface area contributed by atoms with Crippen molar-refractivity contribution in [3.8, 4) is 5.75 Å². The molecular weight excluding hydrogens is 561 g/mol. The third kappa shape index (κ3) is 6.21. The number of carbonyl (C=O) groups is 1. The van der Waals surface area contributed by atoms with Gasteiger partial charge in [0, 0.05) is 42.9 Å². The van der Waals surface area contributed by atoms with E-state index in [1.54, 1.807) is 35.9 Å². The molecule has 0 spiro atoms. The van der Waals surface area contributed by atoms with E-state index in [2.05, 4.69) is 14.9 Å². The van der Waals surface area contributed by atoms with Crippen molar-refractivity contribution >= 4 is 34.8 Å². The summed E-state index contributed by atoms with van der Waals surface area (Å²) in [6, 6.07) is 4.93. The van der Waals surface area contributed by atoms with Crippen LogP contribution in [-0.4, -0.2) is 52.0 Å². The molecule has 0 bridgehead atoms. The molecule has 4 aliphatic rings. The van der Waals surface area contributed by atoms with Crippen LogP contribution >= 0.6 is 22.9 Å². The van der Waals surface area contributed by atoms with Gasteiger partial charge >= 0.3 is 0 Å². The highest BCUT2D eigenvalue weighted by atomic mass is 35.5. The smallest absolute Gasteiger partial charge is 0.227 e. The lowest BCUT2D eigenvalue weighted by atomic mass is 9.90. The number of carbonyl (C=O) groups excluding carboxylic acids is 1. The molecule has 10 heteroatoms. The van der Waals surface area contributed by atoms with Gasteiger partial charge in [-0.2, -0.15) is 0 Å². The molecule has 0 N–H and O–H groups in total. The van der Waals surface area contributed by atoms with Gasteiger partial charge in [0.1, 0.15) is 11.6 Å². The number of benzene rings is 1. The lowest BCUT2D eigenvalue weighted by Crippen LogP contribution is -2.36. The van der Waals surface area contributed by atoms with Gasteiger partial charge in [-0.3, -0.25) is 4.79 Å². The zero-order chi connectivity index (χ0) is 27.9. The first-order valence-corrected chi connectivity index (χ1v) is 16.1. The quantitative estimate of drug-likeness (QED) is 0.300. The third-order valence-corrected chi connectivity index (χ3v) is 10.6. The highest BCUT2D eigenvalue weighted by Gasteiger charge is 2.43. The van der Waals surface area contributed by atoms with Crippen molar-refractivity contribution in [1.82, 2.24) is 19.9 Å². The molecule has 1 saturated heterocycles. The first-order chi connectivity index (χ1) is 20.0. The standard InChI is InChI=1S/C31H35ClFN5O2S/c32-23-16-34-31(35-17-23)37-9-5-19(6-10-37)25-13-21(25)8-12-40-24-4-3-22(26(33)15-24)14-29(39)38-11-7-27-28(18-38)41-30(36-27)20-1-2-20/h3-4,15-17,19-21,25H,1-2,5-14,18H2/t21-,25?/m1/s1. The van der Waals surface area contributed by atoms with Crippen LogP contribution in [0.2, 0.25) is 5.02 Å². The van der Waals surface area contributed by atoms with Crippen molar-refractivity contribution in [3.05, 3.63) is 62.6 Å². The Morgan fingerprint density at radius 3 is 2.68 bits per heavy atom. The summed E-state index contributed by atoms with van der Waals surface area (Å²) in [5.41, 5.74) is 1.58. The molecule has 2 aliphatic carbocycles. The van der Waals surface area contributed by atoms with Gasteiger partial charge in [-0.1, -0.05) is 17.7 Å². The molecule has 1 aromatic carbocycles. The molecule has 0 radical (unpaired) electrons. The van der Waals surface area contributed by atoms with Crippen LogP contribution in [0.5, 0.6) is 5.75 Å². The average molecular weight is 596 g/mol. The van der Waals surface area contributed by atoms with E-state index in [0.29, 0.717) is 47.9 Å². The minimum absolute atomic E-state index is 0.0316. The molecule has 2 atom stereocenters. The number of hydrogen-bond donors (Lipinski definition) is 0. The molecule has 216 valence electrons. The Balaban J connectivity index is 0.840. The summed E-state index contributed by atoms with van der Waals surface area (Å²) in [5.74, 6) is 3.71. The van der Waals surface area contributed by atoms with Crippen LogP contribution in [0.3, 0.4) is 0 Å². The van der Waals surface area contributed by atoms with Crippen molar-refractivity contribution < 1.29 is 13.9 Å². The number of anilines is 1. The Hall–Kier alpha value is -2.78. The highest BCUT2D eigenvalue weighted by Crippen LogP contribution is 2.50. The van der Waals surface area contributed by atoms with Crippen molar-refractivity contribution in [3.63, 3.8) is 0 Å². The Labute approximate surface area is 249 Å². The fraction of sp³-hybridized carbons (Fsp3) is 0.548. The van der Waals surface area contributed by atoms with Crippen LogP contribution in [0.25, 0.3) is 0 Å². The molecular formula is C31H35ClFN5O2S. The summed E-state index contributed by atoms with van der Waals surface area (Å²) in [7, 11) is 0. The molecule has 2 aliphatic heterocycles. The number of ether oxygens (including phenoxy) is 1. The first-order valence-electron chi connectivity index (χ1n) is 14.9. The summed E-state index contributed by atoms with van der Waals surface area (Å²) < 4.78 is 20.8. The van der Waals surface area contributed by atoms with E-state index in [4.69, 9.17) is 21.3 Å². The van der Waals surface area contributed by atoms with Gasteiger partial charge in [0.15, 0.2) is 0 Å². The number of halogens is 2. The van der Waals surface area contributed by atoms with Gasteiger partial charge in [-0.05, 0) is 67.9 Å². The van der Waals surface area contributed by atoms with Crippen LogP contribution in [0.1, 0.15) is 65.6 Å². The van der Waals surface area contributed by atoms with E-state index in [0.717, 1.165) is 62.3 Å². The van der Waals surface area contributed by atoms with Gasteiger partial charge in [0.25, 0.3) is 0 Å². The van der Waals surface area contributed by atoms with E-state index < -0.39 is 0 Å². The number of fused-ring (bicyclic) bond motifs is 1. The van der Waals surface area contributed by atoms with Crippen LogP contribution in [0.15, 0.2) is 30.6 Å². The monoisotopic (exact) mass is 595 g/mol. The molecule has 7 nitrogen and oxygen atoms in total. The van der Waals surface area contributed by atoms with Crippen LogP contribution in [-0.2, 0) is 24.2 Å². The maximum atomic E-state index is 14.9. The zero-order valence-corrected chi connectivity index (χ0v) is 24.7. The topological polar surface area (TPSA) is 71.5 Å². The second kappa shape index (κ2) is 11.5. The maximum Gasteiger partial charge on any atom is 0.227 e. The molecule has 3 fully saturated rings. The fourth-order valence-electron chi connectivity index (χ4n) is 6.47. The fourth-order valence-corrected chi connectivity index (χ4v) is 7.87. The predicted molar refractivity (Wildman–Crippen MR) is 157 cm³/mol. The molecule has 7 rings (SSSR count). The summed E-state index contributed by atoms with van der Waals surface area (Å²) in [5, 5.41) is 1.79. The van der Waals surface area contributed by atoms with Gasteiger partial charge in [0.05, 0.1) is 47.7 Å². The Kier molecular flexibility index (Phi) is 7.58. The van der Waals surface area contributed by atoms with Crippen molar-refractivity contribution in [2.45, 2.75) is 63.8 Å². The summed E-state index contributed by atoms with van der Waals surface area (Å²) >= 11 is 7.67. The molecule has 3 aromatic rings. The molecule has 1 amide bonds. The average Bonchev–Trinajstić information content (AvgIpc) is 3.92. The van der Waals surface area contributed by atoms with Gasteiger partial charge in [0.2, 0.25) is 11.9 Å². The van der Waals surface area contributed by atoms with Crippen LogP contribution in [0, 0.1) is 23.6 Å². The molecule has 2 aromatic heterocycles. The lowest BCUT2D eigenvalue weighted by molar-refractivity contribution is -0.131. The van der Waals surface area contributed by atoms with Crippen molar-refractivity contribution in [2.24, 2.45) is 17.8 Å². The van der Waals surface area contributed by atoms with Gasteiger partial charge in [-0.25, -0.2) is 19.3 Å². The molecule has 4 heterocycles. The van der Waals surface area contributed by atoms with E-state index >= 15 is 0 Å².